The van der Waals surface area contributed by atoms with Crippen LogP contribution in [0.3, 0.4) is 0 Å². The number of hydrogen-bond acceptors (Lipinski definition) is 2. The summed E-state index contributed by atoms with van der Waals surface area (Å²) in [5.41, 5.74) is 4.36. The van der Waals surface area contributed by atoms with Crippen LogP contribution in [0.4, 0.5) is 5.69 Å². The summed E-state index contributed by atoms with van der Waals surface area (Å²) in [5, 5.41) is 4.52. The number of rotatable bonds is 1. The number of anilines is 1. The number of pyridine rings is 1. The van der Waals surface area contributed by atoms with E-state index < -0.39 is 0 Å². The standard InChI is InChI=1S/C14H16N2O/c1-2-9-6-11-7-10-4-3-5-15-12(10)8-13(11)16-14(9)17/h6-8,15H,2-5H2,1H3,(H,16,17). The second-order valence-electron chi connectivity index (χ2n) is 4.60. The number of fused-ring (bicyclic) bond motifs is 2. The quantitative estimate of drug-likeness (QED) is 0.787. The van der Waals surface area contributed by atoms with Gasteiger partial charge in [-0.15, -0.1) is 0 Å². The average Bonchev–Trinajstić information content (AvgIpc) is 2.35. The minimum Gasteiger partial charge on any atom is -0.385 e. The van der Waals surface area contributed by atoms with Crippen molar-refractivity contribution in [3.05, 3.63) is 39.7 Å². The summed E-state index contributed by atoms with van der Waals surface area (Å²) >= 11 is 0. The van der Waals surface area contributed by atoms with Crippen molar-refractivity contribution in [2.75, 3.05) is 11.9 Å². The third-order valence-electron chi connectivity index (χ3n) is 3.46. The van der Waals surface area contributed by atoms with Crippen LogP contribution in [-0.4, -0.2) is 11.5 Å². The van der Waals surface area contributed by atoms with Gasteiger partial charge in [-0.25, -0.2) is 0 Å². The van der Waals surface area contributed by atoms with Crippen molar-refractivity contribution >= 4 is 16.6 Å². The molecular weight excluding hydrogens is 212 g/mol. The van der Waals surface area contributed by atoms with Crippen molar-refractivity contribution < 1.29 is 0 Å². The molecule has 2 aromatic rings. The molecule has 0 saturated carbocycles. The molecule has 2 N–H and O–H groups in total. The number of nitrogens with one attached hydrogen (secondary N) is 2. The maximum Gasteiger partial charge on any atom is 0.251 e. The van der Waals surface area contributed by atoms with Crippen LogP contribution in [0.25, 0.3) is 10.9 Å². The number of H-pyrrole nitrogens is 1. The van der Waals surface area contributed by atoms with Gasteiger partial charge >= 0.3 is 0 Å². The van der Waals surface area contributed by atoms with Gasteiger partial charge in [0.25, 0.3) is 5.56 Å². The lowest BCUT2D eigenvalue weighted by molar-refractivity contribution is 0.831. The van der Waals surface area contributed by atoms with Gasteiger partial charge in [0.05, 0.1) is 5.52 Å². The van der Waals surface area contributed by atoms with E-state index in [1.54, 1.807) is 0 Å². The van der Waals surface area contributed by atoms with E-state index in [-0.39, 0.29) is 5.56 Å². The largest absolute Gasteiger partial charge is 0.385 e. The van der Waals surface area contributed by atoms with Gasteiger partial charge < -0.3 is 10.3 Å². The molecular formula is C14H16N2O. The van der Waals surface area contributed by atoms with Crippen molar-refractivity contribution in [2.24, 2.45) is 0 Å². The monoisotopic (exact) mass is 228 g/mol. The van der Waals surface area contributed by atoms with Crippen molar-refractivity contribution in [2.45, 2.75) is 26.2 Å². The van der Waals surface area contributed by atoms with Crippen molar-refractivity contribution in [1.82, 2.24) is 4.98 Å². The Kier molecular flexibility index (Phi) is 2.39. The second kappa shape index (κ2) is 3.91. The van der Waals surface area contributed by atoms with Crippen LogP contribution in [0.1, 0.15) is 24.5 Å². The number of benzene rings is 1. The van der Waals surface area contributed by atoms with Gasteiger partial charge in [0.15, 0.2) is 0 Å². The summed E-state index contributed by atoms with van der Waals surface area (Å²) in [6.07, 6.45) is 3.09. The van der Waals surface area contributed by atoms with Crippen molar-refractivity contribution in [3.63, 3.8) is 0 Å². The zero-order valence-electron chi connectivity index (χ0n) is 9.97. The van der Waals surface area contributed by atoms with Gasteiger partial charge in [-0.05, 0) is 48.4 Å². The Labute approximate surface area is 99.9 Å². The molecule has 17 heavy (non-hydrogen) atoms. The number of aryl methyl sites for hydroxylation is 2. The zero-order valence-corrected chi connectivity index (χ0v) is 9.97. The summed E-state index contributed by atoms with van der Waals surface area (Å²) < 4.78 is 0. The van der Waals surface area contributed by atoms with E-state index in [0.717, 1.165) is 35.9 Å². The molecule has 1 aliphatic rings. The van der Waals surface area contributed by atoms with Crippen LogP contribution in [0.15, 0.2) is 23.0 Å². The van der Waals surface area contributed by atoms with E-state index in [9.17, 15) is 4.79 Å². The van der Waals surface area contributed by atoms with Crippen LogP contribution in [0, 0.1) is 0 Å². The van der Waals surface area contributed by atoms with Crippen LogP contribution >= 0.6 is 0 Å². The highest BCUT2D eigenvalue weighted by Gasteiger charge is 2.10. The maximum atomic E-state index is 11.8. The van der Waals surface area contributed by atoms with E-state index in [1.165, 1.54) is 17.7 Å². The molecule has 0 fully saturated rings. The fraction of sp³-hybridized carbons (Fsp3) is 0.357. The average molecular weight is 228 g/mol. The molecule has 0 atom stereocenters. The fourth-order valence-electron chi connectivity index (χ4n) is 2.48. The summed E-state index contributed by atoms with van der Waals surface area (Å²) in [5.74, 6) is 0. The van der Waals surface area contributed by atoms with E-state index in [4.69, 9.17) is 0 Å². The highest BCUT2D eigenvalue weighted by atomic mass is 16.1. The predicted octanol–water partition coefficient (Wildman–Crippen LogP) is 2.45. The summed E-state index contributed by atoms with van der Waals surface area (Å²) in [6, 6.07) is 6.28. The Morgan fingerprint density at radius 2 is 2.18 bits per heavy atom. The fourth-order valence-corrected chi connectivity index (χ4v) is 2.48. The molecule has 0 aliphatic carbocycles. The molecule has 0 spiro atoms. The molecule has 0 bridgehead atoms. The normalized spacial score (nSPS) is 14.4. The summed E-state index contributed by atoms with van der Waals surface area (Å²) in [7, 11) is 0. The lowest BCUT2D eigenvalue weighted by atomic mass is 10.00. The third-order valence-corrected chi connectivity index (χ3v) is 3.46. The van der Waals surface area contributed by atoms with Crippen molar-refractivity contribution in [3.8, 4) is 0 Å². The first-order chi connectivity index (χ1) is 8.28. The van der Waals surface area contributed by atoms with Gasteiger partial charge in [-0.2, -0.15) is 0 Å². The second-order valence-corrected chi connectivity index (χ2v) is 4.60. The van der Waals surface area contributed by atoms with Gasteiger partial charge in [-0.1, -0.05) is 6.92 Å². The maximum absolute atomic E-state index is 11.8. The SMILES string of the molecule is CCc1cc2cc3c(cc2[nH]c1=O)NCCC3. The van der Waals surface area contributed by atoms with Gasteiger partial charge in [0, 0.05) is 17.8 Å². The van der Waals surface area contributed by atoms with Crippen LogP contribution < -0.4 is 10.9 Å². The Morgan fingerprint density at radius 1 is 1.29 bits per heavy atom. The van der Waals surface area contributed by atoms with Crippen LogP contribution in [-0.2, 0) is 12.8 Å². The molecule has 0 unspecified atom stereocenters. The molecule has 2 heterocycles. The molecule has 0 radical (unpaired) electrons. The Balaban J connectivity index is 2.26. The molecule has 3 heteroatoms. The van der Waals surface area contributed by atoms with Crippen LogP contribution in [0.5, 0.6) is 0 Å². The summed E-state index contributed by atoms with van der Waals surface area (Å²) in [6.45, 7) is 3.03. The van der Waals surface area contributed by atoms with E-state index in [2.05, 4.69) is 22.4 Å². The molecule has 3 rings (SSSR count). The lowest BCUT2D eigenvalue weighted by Crippen LogP contribution is -2.14. The number of hydrogen-bond donors (Lipinski definition) is 2. The molecule has 1 aromatic heterocycles. The van der Waals surface area contributed by atoms with E-state index >= 15 is 0 Å². The van der Waals surface area contributed by atoms with Gasteiger partial charge in [0.1, 0.15) is 0 Å². The Morgan fingerprint density at radius 3 is 3.00 bits per heavy atom. The lowest BCUT2D eigenvalue weighted by Gasteiger charge is -2.18. The molecule has 1 aliphatic heterocycles. The smallest absolute Gasteiger partial charge is 0.251 e. The molecule has 88 valence electrons. The summed E-state index contributed by atoms with van der Waals surface area (Å²) in [4.78, 5) is 14.7. The Hall–Kier alpha value is -1.77. The molecule has 0 saturated heterocycles. The topological polar surface area (TPSA) is 44.9 Å². The van der Waals surface area contributed by atoms with E-state index in [0.29, 0.717) is 0 Å². The highest BCUT2D eigenvalue weighted by molar-refractivity contribution is 5.84. The first-order valence-corrected chi connectivity index (χ1v) is 6.20. The van der Waals surface area contributed by atoms with Crippen molar-refractivity contribution in [1.29, 1.82) is 0 Å². The zero-order chi connectivity index (χ0) is 11.8. The minimum atomic E-state index is 0.0377. The first-order valence-electron chi connectivity index (χ1n) is 6.20. The number of aromatic nitrogens is 1. The Bertz CT molecular complexity index is 628. The molecule has 1 aromatic carbocycles. The minimum absolute atomic E-state index is 0.0377. The highest BCUT2D eigenvalue weighted by Crippen LogP contribution is 2.26. The third kappa shape index (κ3) is 1.71. The van der Waals surface area contributed by atoms with Gasteiger partial charge in [0.2, 0.25) is 0 Å². The predicted molar refractivity (Wildman–Crippen MR) is 70.8 cm³/mol. The van der Waals surface area contributed by atoms with Crippen LogP contribution in [0.2, 0.25) is 0 Å². The first kappa shape index (κ1) is 10.4. The van der Waals surface area contributed by atoms with Gasteiger partial charge in [-0.3, -0.25) is 4.79 Å². The number of aromatic amines is 1. The molecule has 0 amide bonds. The molecule has 3 nitrogen and oxygen atoms in total. The van der Waals surface area contributed by atoms with E-state index in [1.807, 2.05) is 13.0 Å².